The maximum atomic E-state index is 13.3. The lowest BCUT2D eigenvalue weighted by Gasteiger charge is -2.34. The number of carbonyl (C=O) groups excluding carboxylic acids is 2. The van der Waals surface area contributed by atoms with E-state index in [1.54, 1.807) is 53.4 Å². The monoisotopic (exact) mass is 393 g/mol. The molecule has 2 amide bonds. The van der Waals surface area contributed by atoms with E-state index in [0.29, 0.717) is 29.8 Å². The van der Waals surface area contributed by atoms with E-state index in [-0.39, 0.29) is 11.8 Å². The predicted octanol–water partition coefficient (Wildman–Crippen LogP) is 5.14. The van der Waals surface area contributed by atoms with Gasteiger partial charge in [-0.05, 0) is 50.4 Å². The molecule has 7 heteroatoms. The fourth-order valence-corrected chi connectivity index (χ4v) is 3.08. The van der Waals surface area contributed by atoms with Crippen molar-refractivity contribution in [1.82, 2.24) is 10.2 Å². The van der Waals surface area contributed by atoms with E-state index in [1.165, 1.54) is 0 Å². The summed E-state index contributed by atoms with van der Waals surface area (Å²) in [6, 6.07) is 14.8. The van der Waals surface area contributed by atoms with Crippen molar-refractivity contribution in [2.24, 2.45) is 5.11 Å². The van der Waals surface area contributed by atoms with E-state index < -0.39 is 11.6 Å². The van der Waals surface area contributed by atoms with E-state index in [9.17, 15) is 9.59 Å². The third-order valence-corrected chi connectivity index (χ3v) is 4.19. The Hall–Kier alpha value is -3.31. The van der Waals surface area contributed by atoms with Gasteiger partial charge in [-0.1, -0.05) is 54.5 Å². The Kier molecular flexibility index (Phi) is 7.39. The number of benzene rings is 2. The minimum atomic E-state index is -0.927. The van der Waals surface area contributed by atoms with Crippen LogP contribution < -0.4 is 5.32 Å². The Morgan fingerprint density at radius 2 is 1.72 bits per heavy atom. The van der Waals surface area contributed by atoms with Crippen molar-refractivity contribution < 1.29 is 9.59 Å². The highest BCUT2D eigenvalue weighted by atomic mass is 16.2. The van der Waals surface area contributed by atoms with Crippen molar-refractivity contribution in [3.8, 4) is 0 Å². The molecule has 0 radical (unpaired) electrons. The lowest BCUT2D eigenvalue weighted by atomic mass is 9.99. The summed E-state index contributed by atoms with van der Waals surface area (Å²) in [6.07, 6.45) is 0.668. The van der Waals surface area contributed by atoms with Crippen molar-refractivity contribution in [3.05, 3.63) is 76.2 Å². The number of amides is 2. The van der Waals surface area contributed by atoms with Gasteiger partial charge in [0.1, 0.15) is 6.04 Å². The number of hydrogen-bond donors (Lipinski definition) is 1. The summed E-state index contributed by atoms with van der Waals surface area (Å²) in [6.45, 7) is 7.96. The molecule has 2 aromatic carbocycles. The molecule has 7 nitrogen and oxygen atoms in total. The lowest BCUT2D eigenvalue weighted by Crippen LogP contribution is -2.49. The Bertz CT molecular complexity index is 899. The van der Waals surface area contributed by atoms with Gasteiger partial charge in [0.25, 0.3) is 5.91 Å². The topological polar surface area (TPSA) is 98.2 Å². The molecule has 0 spiro atoms. The number of hydrogen-bond acceptors (Lipinski definition) is 3. The van der Waals surface area contributed by atoms with Crippen LogP contribution in [-0.2, 0) is 4.79 Å². The van der Waals surface area contributed by atoms with Crippen LogP contribution >= 0.6 is 0 Å². The smallest absolute Gasteiger partial charge is 0.254 e. The summed E-state index contributed by atoms with van der Waals surface area (Å²) in [4.78, 5) is 31.1. The van der Waals surface area contributed by atoms with E-state index >= 15 is 0 Å². The Morgan fingerprint density at radius 3 is 2.31 bits per heavy atom. The minimum absolute atomic E-state index is 0.253. The molecule has 0 aliphatic carbocycles. The fraction of sp³-hybridized carbons (Fsp3) is 0.364. The molecular formula is C22H27N5O2. The van der Waals surface area contributed by atoms with Crippen molar-refractivity contribution in [2.45, 2.75) is 45.7 Å². The summed E-state index contributed by atoms with van der Waals surface area (Å²) >= 11 is 0. The van der Waals surface area contributed by atoms with Crippen LogP contribution in [0.15, 0.2) is 59.7 Å². The molecule has 1 atom stereocenters. The van der Waals surface area contributed by atoms with Gasteiger partial charge in [0.15, 0.2) is 0 Å². The Balaban J connectivity index is 2.61. The van der Waals surface area contributed by atoms with Crippen LogP contribution in [0.1, 0.15) is 56.1 Å². The van der Waals surface area contributed by atoms with Gasteiger partial charge in [-0.15, -0.1) is 0 Å². The third kappa shape index (κ3) is 5.83. The molecule has 152 valence electrons. The van der Waals surface area contributed by atoms with E-state index in [1.807, 2.05) is 33.8 Å². The molecule has 0 aliphatic rings. The van der Waals surface area contributed by atoms with Gasteiger partial charge >= 0.3 is 0 Å². The number of azide groups is 1. The zero-order chi connectivity index (χ0) is 21.4. The summed E-state index contributed by atoms with van der Waals surface area (Å²) in [5.41, 5.74) is 9.78. The van der Waals surface area contributed by atoms with Gasteiger partial charge in [-0.2, -0.15) is 0 Å². The van der Waals surface area contributed by atoms with E-state index in [0.717, 1.165) is 0 Å². The normalized spacial score (nSPS) is 11.9. The van der Waals surface area contributed by atoms with Crippen LogP contribution in [0.5, 0.6) is 0 Å². The maximum Gasteiger partial charge on any atom is 0.254 e. The summed E-state index contributed by atoms with van der Waals surface area (Å²) in [7, 11) is 0. The standard InChI is InChI=1S/C22H27N5O2/c1-5-15-27(21(29)16-11-7-6-8-12-16)19(20(28)24-22(2,3)4)17-13-9-10-14-18(17)25-26-23/h6-14,19H,5,15H2,1-4H3,(H,24,28). The molecule has 2 aromatic rings. The van der Waals surface area contributed by atoms with Crippen molar-refractivity contribution in [2.75, 3.05) is 6.54 Å². The SMILES string of the molecule is CCCN(C(=O)c1ccccc1)C(C(=O)NC(C)(C)C)c1ccccc1N=[N+]=[N-]. The van der Waals surface area contributed by atoms with Crippen molar-refractivity contribution in [1.29, 1.82) is 0 Å². The number of rotatable bonds is 7. The molecule has 2 rings (SSSR count). The number of nitrogens with zero attached hydrogens (tertiary/aromatic N) is 4. The van der Waals surface area contributed by atoms with Gasteiger partial charge in [-0.25, -0.2) is 0 Å². The molecule has 0 saturated heterocycles. The second kappa shape index (κ2) is 9.75. The summed E-state index contributed by atoms with van der Waals surface area (Å²) in [5, 5.41) is 6.71. The Morgan fingerprint density at radius 1 is 1.10 bits per heavy atom. The largest absolute Gasteiger partial charge is 0.349 e. The van der Waals surface area contributed by atoms with E-state index in [4.69, 9.17) is 5.53 Å². The van der Waals surface area contributed by atoms with Crippen LogP contribution in [-0.4, -0.2) is 28.8 Å². The second-order valence-corrected chi connectivity index (χ2v) is 7.75. The maximum absolute atomic E-state index is 13.3. The molecule has 29 heavy (non-hydrogen) atoms. The molecule has 0 aromatic heterocycles. The van der Waals surface area contributed by atoms with Crippen molar-refractivity contribution >= 4 is 17.5 Å². The molecule has 0 aliphatic heterocycles. The average Bonchev–Trinajstić information content (AvgIpc) is 2.68. The van der Waals surface area contributed by atoms with Gasteiger partial charge in [-0.3, -0.25) is 9.59 Å². The first-order valence-corrected chi connectivity index (χ1v) is 9.60. The highest BCUT2D eigenvalue weighted by Crippen LogP contribution is 2.32. The highest BCUT2D eigenvalue weighted by Gasteiger charge is 2.34. The third-order valence-electron chi connectivity index (χ3n) is 4.19. The number of nitrogens with one attached hydrogen (secondary N) is 1. The molecule has 1 N–H and O–H groups in total. The minimum Gasteiger partial charge on any atom is -0.349 e. The fourth-order valence-electron chi connectivity index (χ4n) is 3.08. The highest BCUT2D eigenvalue weighted by molar-refractivity contribution is 5.98. The van der Waals surface area contributed by atoms with Gasteiger partial charge in [0.2, 0.25) is 5.91 Å². The first-order valence-electron chi connectivity index (χ1n) is 9.60. The number of carbonyl (C=O) groups is 2. The van der Waals surface area contributed by atoms with Gasteiger partial charge in [0, 0.05) is 28.2 Å². The van der Waals surface area contributed by atoms with E-state index in [2.05, 4.69) is 15.3 Å². The summed E-state index contributed by atoms with van der Waals surface area (Å²) in [5.74, 6) is -0.576. The van der Waals surface area contributed by atoms with Gasteiger partial charge in [0.05, 0.1) is 0 Å². The summed E-state index contributed by atoms with van der Waals surface area (Å²) < 4.78 is 0. The van der Waals surface area contributed by atoms with Crippen LogP contribution in [0.3, 0.4) is 0 Å². The zero-order valence-electron chi connectivity index (χ0n) is 17.3. The lowest BCUT2D eigenvalue weighted by molar-refractivity contribution is -0.127. The Labute approximate surface area is 171 Å². The van der Waals surface area contributed by atoms with Crippen LogP contribution in [0.25, 0.3) is 10.4 Å². The predicted molar refractivity (Wildman–Crippen MR) is 114 cm³/mol. The molecule has 0 fully saturated rings. The molecule has 0 bridgehead atoms. The van der Waals surface area contributed by atoms with Crippen LogP contribution in [0, 0.1) is 0 Å². The van der Waals surface area contributed by atoms with Crippen LogP contribution in [0.2, 0.25) is 0 Å². The average molecular weight is 393 g/mol. The quantitative estimate of drug-likeness (QED) is 0.400. The molecule has 0 heterocycles. The second-order valence-electron chi connectivity index (χ2n) is 7.75. The molecule has 0 saturated carbocycles. The van der Waals surface area contributed by atoms with Crippen molar-refractivity contribution in [3.63, 3.8) is 0 Å². The first-order chi connectivity index (χ1) is 13.8. The van der Waals surface area contributed by atoms with Crippen LogP contribution in [0.4, 0.5) is 5.69 Å². The zero-order valence-corrected chi connectivity index (χ0v) is 17.3. The van der Waals surface area contributed by atoms with Gasteiger partial charge < -0.3 is 10.2 Å². The molecular weight excluding hydrogens is 366 g/mol. The first kappa shape index (κ1) is 22.0. The molecule has 1 unspecified atom stereocenters.